The molecule has 18 heavy (non-hydrogen) atoms. The highest BCUT2D eigenvalue weighted by molar-refractivity contribution is 9.10. The molecule has 0 aliphatic rings. The predicted molar refractivity (Wildman–Crippen MR) is 74.8 cm³/mol. The van der Waals surface area contributed by atoms with Crippen LogP contribution in [0, 0.1) is 11.6 Å². The molecule has 1 aromatic carbocycles. The summed E-state index contributed by atoms with van der Waals surface area (Å²) in [6, 6.07) is 3.08. The van der Waals surface area contributed by atoms with Gasteiger partial charge in [0.05, 0.1) is 4.47 Å². The molecule has 0 amide bonds. The van der Waals surface area contributed by atoms with Crippen molar-refractivity contribution in [3.05, 3.63) is 33.8 Å². The summed E-state index contributed by atoms with van der Waals surface area (Å²) < 4.78 is 28.2. The van der Waals surface area contributed by atoms with Gasteiger partial charge in [-0.25, -0.2) is 8.78 Å². The van der Waals surface area contributed by atoms with Crippen molar-refractivity contribution in [2.45, 2.75) is 45.6 Å². The van der Waals surface area contributed by atoms with Gasteiger partial charge >= 0.3 is 0 Å². The number of halogens is 3. The molecule has 1 aromatic rings. The molecule has 0 unspecified atom stereocenters. The average Bonchev–Trinajstić information content (AvgIpc) is 2.23. The van der Waals surface area contributed by atoms with E-state index in [0.29, 0.717) is 16.9 Å². The molecule has 0 aromatic heterocycles. The first-order valence-electron chi connectivity index (χ1n) is 6.13. The molecule has 0 spiro atoms. The summed E-state index contributed by atoms with van der Waals surface area (Å²) >= 11 is 3.11. The van der Waals surface area contributed by atoms with Crippen molar-refractivity contribution in [1.29, 1.82) is 0 Å². The number of rotatable bonds is 5. The second-order valence-electron chi connectivity index (χ2n) is 5.46. The Labute approximate surface area is 116 Å². The molecule has 0 bridgehead atoms. The first-order chi connectivity index (χ1) is 8.25. The Morgan fingerprint density at radius 3 is 2.44 bits per heavy atom. The predicted octanol–water partition coefficient (Wildman–Crippen LogP) is 4.39. The van der Waals surface area contributed by atoms with Crippen LogP contribution in [-0.2, 0) is 5.41 Å². The molecule has 0 saturated carbocycles. The van der Waals surface area contributed by atoms with Crippen LogP contribution in [0.25, 0.3) is 0 Å². The molecule has 1 nitrogen and oxygen atoms in total. The summed E-state index contributed by atoms with van der Waals surface area (Å²) in [6.45, 7) is 8.56. The van der Waals surface area contributed by atoms with E-state index in [2.05, 4.69) is 21.2 Å². The van der Waals surface area contributed by atoms with Crippen LogP contribution in [0.15, 0.2) is 16.6 Å². The standard InChI is InChI=1S/C14H20BrF2N/c1-9(2)18-8-7-14(3,4)12-11(16)6-5-10(15)13(12)17/h5-6,9,18H,7-8H2,1-4H3. The fourth-order valence-corrected chi connectivity index (χ4v) is 2.28. The van der Waals surface area contributed by atoms with Gasteiger partial charge in [-0.05, 0) is 46.4 Å². The number of hydrogen-bond acceptors (Lipinski definition) is 1. The third-order valence-electron chi connectivity index (χ3n) is 3.02. The smallest absolute Gasteiger partial charge is 0.144 e. The van der Waals surface area contributed by atoms with Crippen LogP contribution >= 0.6 is 15.9 Å². The third-order valence-corrected chi connectivity index (χ3v) is 3.64. The van der Waals surface area contributed by atoms with Crippen LogP contribution < -0.4 is 5.32 Å². The average molecular weight is 320 g/mol. The minimum Gasteiger partial charge on any atom is -0.315 e. The van der Waals surface area contributed by atoms with Crippen LogP contribution in [0.5, 0.6) is 0 Å². The molecule has 0 fully saturated rings. The second kappa shape index (κ2) is 6.11. The van der Waals surface area contributed by atoms with E-state index < -0.39 is 17.0 Å². The van der Waals surface area contributed by atoms with Crippen LogP contribution in [-0.4, -0.2) is 12.6 Å². The zero-order chi connectivity index (χ0) is 13.9. The van der Waals surface area contributed by atoms with E-state index in [4.69, 9.17) is 0 Å². The maximum absolute atomic E-state index is 14.0. The van der Waals surface area contributed by atoms with Crippen molar-refractivity contribution in [1.82, 2.24) is 5.32 Å². The molecule has 1 N–H and O–H groups in total. The van der Waals surface area contributed by atoms with Gasteiger partial charge in [0.25, 0.3) is 0 Å². The van der Waals surface area contributed by atoms with Crippen molar-refractivity contribution in [2.75, 3.05) is 6.54 Å². The zero-order valence-corrected chi connectivity index (χ0v) is 12.9. The molecule has 0 saturated heterocycles. The van der Waals surface area contributed by atoms with Crippen molar-refractivity contribution < 1.29 is 8.78 Å². The number of hydrogen-bond donors (Lipinski definition) is 1. The highest BCUT2D eigenvalue weighted by Gasteiger charge is 2.28. The minimum atomic E-state index is -0.542. The third kappa shape index (κ3) is 3.75. The summed E-state index contributed by atoms with van der Waals surface area (Å²) in [5.74, 6) is -0.977. The van der Waals surface area contributed by atoms with Crippen LogP contribution in [0.1, 0.15) is 39.7 Å². The fourth-order valence-electron chi connectivity index (χ4n) is 1.95. The SMILES string of the molecule is CC(C)NCCC(C)(C)c1c(F)ccc(Br)c1F. The molecular formula is C14H20BrF2N. The Bertz CT molecular complexity index is 417. The fraction of sp³-hybridized carbons (Fsp3) is 0.571. The van der Waals surface area contributed by atoms with E-state index in [9.17, 15) is 8.78 Å². The lowest BCUT2D eigenvalue weighted by Gasteiger charge is -2.27. The largest absolute Gasteiger partial charge is 0.315 e. The topological polar surface area (TPSA) is 12.0 Å². The molecule has 4 heteroatoms. The lowest BCUT2D eigenvalue weighted by Crippen LogP contribution is -2.30. The van der Waals surface area contributed by atoms with Gasteiger partial charge in [0.2, 0.25) is 0 Å². The van der Waals surface area contributed by atoms with E-state index in [1.165, 1.54) is 12.1 Å². The Hall–Kier alpha value is -0.480. The van der Waals surface area contributed by atoms with E-state index in [1.807, 2.05) is 27.7 Å². The monoisotopic (exact) mass is 319 g/mol. The maximum Gasteiger partial charge on any atom is 0.144 e. The molecule has 0 aliphatic heterocycles. The lowest BCUT2D eigenvalue weighted by atomic mass is 9.81. The van der Waals surface area contributed by atoms with E-state index >= 15 is 0 Å². The highest BCUT2D eigenvalue weighted by Crippen LogP contribution is 2.34. The Kier molecular flexibility index (Phi) is 5.29. The quantitative estimate of drug-likeness (QED) is 0.793. The molecule has 0 radical (unpaired) electrons. The Balaban J connectivity index is 2.94. The van der Waals surface area contributed by atoms with E-state index in [1.54, 1.807) is 0 Å². The first-order valence-corrected chi connectivity index (χ1v) is 6.92. The molecule has 102 valence electrons. The summed E-state index contributed by atoms with van der Waals surface area (Å²) in [5.41, 5.74) is -0.387. The van der Waals surface area contributed by atoms with Crippen molar-refractivity contribution >= 4 is 15.9 Å². The molecular weight excluding hydrogens is 300 g/mol. The lowest BCUT2D eigenvalue weighted by molar-refractivity contribution is 0.400. The normalized spacial score (nSPS) is 12.2. The van der Waals surface area contributed by atoms with Crippen LogP contribution in [0.3, 0.4) is 0 Å². The van der Waals surface area contributed by atoms with Crippen molar-refractivity contribution in [3.63, 3.8) is 0 Å². The second-order valence-corrected chi connectivity index (χ2v) is 6.32. The highest BCUT2D eigenvalue weighted by atomic mass is 79.9. The van der Waals surface area contributed by atoms with Crippen LogP contribution in [0.4, 0.5) is 8.78 Å². The van der Waals surface area contributed by atoms with Gasteiger partial charge in [0.15, 0.2) is 0 Å². The molecule has 1 rings (SSSR count). The summed E-state index contributed by atoms with van der Waals surface area (Å²) in [7, 11) is 0. The van der Waals surface area contributed by atoms with Crippen molar-refractivity contribution in [3.8, 4) is 0 Å². The van der Waals surface area contributed by atoms with Gasteiger partial charge < -0.3 is 5.32 Å². The summed E-state index contributed by atoms with van der Waals surface area (Å²) in [4.78, 5) is 0. The van der Waals surface area contributed by atoms with Gasteiger partial charge in [-0.3, -0.25) is 0 Å². The zero-order valence-electron chi connectivity index (χ0n) is 11.3. The van der Waals surface area contributed by atoms with E-state index in [-0.39, 0.29) is 5.56 Å². The minimum absolute atomic E-state index is 0.155. The Morgan fingerprint density at radius 1 is 1.28 bits per heavy atom. The molecule has 0 aliphatic carbocycles. The Morgan fingerprint density at radius 2 is 1.89 bits per heavy atom. The number of benzene rings is 1. The van der Waals surface area contributed by atoms with Crippen molar-refractivity contribution in [2.24, 2.45) is 0 Å². The summed E-state index contributed by atoms with van der Waals surface area (Å²) in [5, 5.41) is 3.27. The number of nitrogens with one attached hydrogen (secondary N) is 1. The van der Waals surface area contributed by atoms with Crippen LogP contribution in [0.2, 0.25) is 0 Å². The van der Waals surface area contributed by atoms with Gasteiger partial charge in [-0.1, -0.05) is 27.7 Å². The van der Waals surface area contributed by atoms with Gasteiger partial charge in [0, 0.05) is 11.6 Å². The molecule has 0 atom stereocenters. The maximum atomic E-state index is 14.0. The molecule has 0 heterocycles. The van der Waals surface area contributed by atoms with Gasteiger partial charge in [-0.15, -0.1) is 0 Å². The van der Waals surface area contributed by atoms with E-state index in [0.717, 1.165) is 6.54 Å². The van der Waals surface area contributed by atoms with Gasteiger partial charge in [-0.2, -0.15) is 0 Å². The summed E-state index contributed by atoms with van der Waals surface area (Å²) in [6.07, 6.45) is 0.676. The first kappa shape index (κ1) is 15.6. The van der Waals surface area contributed by atoms with Gasteiger partial charge in [0.1, 0.15) is 11.6 Å².